The normalized spacial score (nSPS) is 33.8. The van der Waals surface area contributed by atoms with Crippen molar-refractivity contribution in [2.75, 3.05) is 13.1 Å². The van der Waals surface area contributed by atoms with E-state index in [0.29, 0.717) is 0 Å². The summed E-state index contributed by atoms with van der Waals surface area (Å²) in [5.74, 6) is 0. The summed E-state index contributed by atoms with van der Waals surface area (Å²) in [6.07, 6.45) is 7.56. The summed E-state index contributed by atoms with van der Waals surface area (Å²) in [6, 6.07) is 2.51. The third-order valence-corrected chi connectivity index (χ3v) is 2.65. The first kappa shape index (κ1) is 7.82. The van der Waals surface area contributed by atoms with E-state index in [9.17, 15) is 0 Å². The molecule has 1 fully saturated rings. The van der Waals surface area contributed by atoms with Gasteiger partial charge in [-0.2, -0.15) is 5.26 Å². The van der Waals surface area contributed by atoms with Crippen LogP contribution in [-0.2, 0) is 0 Å². The van der Waals surface area contributed by atoms with Gasteiger partial charge in [0.1, 0.15) is 6.04 Å². The predicted octanol–water partition coefficient (Wildman–Crippen LogP) is 1.69. The Morgan fingerprint density at radius 3 is 3.08 bits per heavy atom. The van der Waals surface area contributed by atoms with Crippen LogP contribution in [0.25, 0.3) is 0 Å². The Kier molecular flexibility index (Phi) is 2.14. The highest BCUT2D eigenvalue weighted by Gasteiger charge is 2.33. The summed E-state index contributed by atoms with van der Waals surface area (Å²) in [4.78, 5) is 2.23. The Hall–Kier alpha value is -0.810. The fourth-order valence-corrected chi connectivity index (χ4v) is 1.78. The molecular formula is C10H14N2. The standard InChI is InChI=1S/C10H14N2/c11-6-10-8-12(10)7-9-4-2-1-3-5-9/h4,10H,1-3,5,7-8H2. The smallest absolute Gasteiger partial charge is 0.111 e. The largest absolute Gasteiger partial charge is 0.280 e. The van der Waals surface area contributed by atoms with Crippen molar-refractivity contribution in [3.8, 4) is 6.07 Å². The van der Waals surface area contributed by atoms with Crippen LogP contribution in [0.1, 0.15) is 25.7 Å². The maximum Gasteiger partial charge on any atom is 0.111 e. The second-order valence-corrected chi connectivity index (χ2v) is 3.68. The molecular weight excluding hydrogens is 148 g/mol. The highest BCUT2D eigenvalue weighted by molar-refractivity contribution is 5.14. The molecule has 0 aromatic carbocycles. The molecule has 0 aromatic rings. The third kappa shape index (κ3) is 1.67. The number of rotatable bonds is 2. The number of hydrogen-bond donors (Lipinski definition) is 0. The van der Waals surface area contributed by atoms with Crippen molar-refractivity contribution in [3.05, 3.63) is 11.6 Å². The highest BCUT2D eigenvalue weighted by Crippen LogP contribution is 2.23. The first-order chi connectivity index (χ1) is 5.90. The van der Waals surface area contributed by atoms with E-state index in [1.165, 1.54) is 25.7 Å². The maximum absolute atomic E-state index is 8.59. The van der Waals surface area contributed by atoms with Crippen LogP contribution in [0.3, 0.4) is 0 Å². The van der Waals surface area contributed by atoms with Gasteiger partial charge >= 0.3 is 0 Å². The van der Waals surface area contributed by atoms with E-state index >= 15 is 0 Å². The lowest BCUT2D eigenvalue weighted by molar-refractivity contribution is 0.550. The van der Waals surface area contributed by atoms with Crippen molar-refractivity contribution < 1.29 is 0 Å². The predicted molar refractivity (Wildman–Crippen MR) is 47.5 cm³/mol. The number of allylic oxidation sites excluding steroid dienone is 1. The molecule has 64 valence electrons. The van der Waals surface area contributed by atoms with Crippen molar-refractivity contribution in [1.82, 2.24) is 4.90 Å². The summed E-state index contributed by atoms with van der Waals surface area (Å²) < 4.78 is 0. The van der Waals surface area contributed by atoms with E-state index in [1.807, 2.05) is 0 Å². The molecule has 2 rings (SSSR count). The van der Waals surface area contributed by atoms with Gasteiger partial charge in [0.2, 0.25) is 0 Å². The Bertz CT molecular complexity index is 237. The molecule has 0 amide bonds. The lowest BCUT2D eigenvalue weighted by atomic mass is 10.00. The quantitative estimate of drug-likeness (QED) is 0.456. The van der Waals surface area contributed by atoms with Gasteiger partial charge in [0.15, 0.2) is 0 Å². The van der Waals surface area contributed by atoms with E-state index in [-0.39, 0.29) is 6.04 Å². The van der Waals surface area contributed by atoms with Crippen LogP contribution in [0.15, 0.2) is 11.6 Å². The van der Waals surface area contributed by atoms with Crippen molar-refractivity contribution in [2.45, 2.75) is 31.7 Å². The summed E-state index contributed by atoms with van der Waals surface area (Å²) >= 11 is 0. The van der Waals surface area contributed by atoms with Gasteiger partial charge in [-0.1, -0.05) is 11.6 Å². The average Bonchev–Trinajstić information content (AvgIpc) is 2.85. The molecule has 2 aliphatic rings. The van der Waals surface area contributed by atoms with Crippen molar-refractivity contribution in [2.24, 2.45) is 0 Å². The molecule has 2 nitrogen and oxygen atoms in total. The molecule has 0 aromatic heterocycles. The minimum Gasteiger partial charge on any atom is -0.280 e. The van der Waals surface area contributed by atoms with Crippen LogP contribution in [0, 0.1) is 11.3 Å². The van der Waals surface area contributed by atoms with Gasteiger partial charge in [0.25, 0.3) is 0 Å². The van der Waals surface area contributed by atoms with E-state index in [4.69, 9.17) is 5.26 Å². The summed E-state index contributed by atoms with van der Waals surface area (Å²) in [7, 11) is 0. The molecule has 1 heterocycles. The Morgan fingerprint density at radius 1 is 1.58 bits per heavy atom. The molecule has 2 heteroatoms. The average molecular weight is 162 g/mol. The SMILES string of the molecule is N#CC1CN1CC1=CCCCC1. The van der Waals surface area contributed by atoms with Crippen LogP contribution in [0.5, 0.6) is 0 Å². The van der Waals surface area contributed by atoms with Crippen molar-refractivity contribution >= 4 is 0 Å². The summed E-state index contributed by atoms with van der Waals surface area (Å²) in [6.45, 7) is 2.05. The second kappa shape index (κ2) is 3.28. The molecule has 1 aliphatic carbocycles. The van der Waals surface area contributed by atoms with Crippen LogP contribution in [-0.4, -0.2) is 24.0 Å². The molecule has 1 saturated heterocycles. The van der Waals surface area contributed by atoms with Crippen LogP contribution in [0.2, 0.25) is 0 Å². The molecule has 0 bridgehead atoms. The van der Waals surface area contributed by atoms with E-state index < -0.39 is 0 Å². The first-order valence-electron chi connectivity index (χ1n) is 4.72. The summed E-state index contributed by atoms with van der Waals surface area (Å²) in [5, 5.41) is 8.59. The van der Waals surface area contributed by atoms with E-state index in [0.717, 1.165) is 13.1 Å². The van der Waals surface area contributed by atoms with Gasteiger partial charge in [-0.3, -0.25) is 4.90 Å². The lowest BCUT2D eigenvalue weighted by Crippen LogP contribution is -2.07. The van der Waals surface area contributed by atoms with Gasteiger partial charge in [-0.05, 0) is 25.7 Å². The number of nitrogens with zero attached hydrogens (tertiary/aromatic N) is 2. The molecule has 0 saturated carbocycles. The van der Waals surface area contributed by atoms with E-state index in [1.54, 1.807) is 5.57 Å². The Balaban J connectivity index is 1.80. The van der Waals surface area contributed by atoms with Crippen LogP contribution < -0.4 is 0 Å². The molecule has 2 atom stereocenters. The van der Waals surface area contributed by atoms with Gasteiger partial charge < -0.3 is 0 Å². The van der Waals surface area contributed by atoms with Crippen molar-refractivity contribution in [1.29, 1.82) is 5.26 Å². The minimum absolute atomic E-state index is 0.229. The molecule has 0 N–H and O–H groups in total. The van der Waals surface area contributed by atoms with Crippen molar-refractivity contribution in [3.63, 3.8) is 0 Å². The maximum atomic E-state index is 8.59. The van der Waals surface area contributed by atoms with Crippen LogP contribution in [0.4, 0.5) is 0 Å². The third-order valence-electron chi connectivity index (χ3n) is 2.65. The Morgan fingerprint density at radius 2 is 2.50 bits per heavy atom. The molecule has 1 aliphatic heterocycles. The topological polar surface area (TPSA) is 26.8 Å². The van der Waals surface area contributed by atoms with Crippen LogP contribution >= 0.6 is 0 Å². The second-order valence-electron chi connectivity index (χ2n) is 3.68. The highest BCUT2D eigenvalue weighted by atomic mass is 15.3. The molecule has 12 heavy (non-hydrogen) atoms. The van der Waals surface area contributed by atoms with Gasteiger partial charge in [0.05, 0.1) is 6.07 Å². The zero-order chi connectivity index (χ0) is 8.39. The number of hydrogen-bond acceptors (Lipinski definition) is 2. The monoisotopic (exact) mass is 162 g/mol. The van der Waals surface area contributed by atoms with E-state index in [2.05, 4.69) is 17.0 Å². The first-order valence-corrected chi connectivity index (χ1v) is 4.72. The molecule has 0 spiro atoms. The Labute approximate surface area is 73.5 Å². The fourth-order valence-electron chi connectivity index (χ4n) is 1.78. The fraction of sp³-hybridized carbons (Fsp3) is 0.700. The zero-order valence-electron chi connectivity index (χ0n) is 7.29. The minimum atomic E-state index is 0.229. The van der Waals surface area contributed by atoms with Gasteiger partial charge in [-0.15, -0.1) is 0 Å². The van der Waals surface area contributed by atoms with Gasteiger partial charge in [-0.25, -0.2) is 0 Å². The summed E-state index contributed by atoms with van der Waals surface area (Å²) in [5.41, 5.74) is 1.55. The molecule has 2 unspecified atom stereocenters. The zero-order valence-corrected chi connectivity index (χ0v) is 7.29. The van der Waals surface area contributed by atoms with Gasteiger partial charge in [0, 0.05) is 13.1 Å². The number of nitriles is 1. The molecule has 0 radical (unpaired) electrons. The lowest BCUT2D eigenvalue weighted by Gasteiger charge is -2.12.